The molecule has 1 N–H and O–H groups in total. The first-order valence-electron chi connectivity index (χ1n) is 10.2. The predicted octanol–water partition coefficient (Wildman–Crippen LogP) is 5.93. The third-order valence-corrected chi connectivity index (χ3v) is 7.06. The zero-order valence-corrected chi connectivity index (χ0v) is 21.2. The summed E-state index contributed by atoms with van der Waals surface area (Å²) in [5.74, 6) is 0.0893. The highest BCUT2D eigenvalue weighted by Crippen LogP contribution is 2.39. The Balaban J connectivity index is 1.54. The number of carbonyl (C=O) groups excluding carboxylic acids is 2. The second-order valence-corrected chi connectivity index (χ2v) is 10.0. The minimum atomic E-state index is -0.418. The van der Waals surface area contributed by atoms with Gasteiger partial charge in [-0.2, -0.15) is 5.01 Å². The summed E-state index contributed by atoms with van der Waals surface area (Å²) in [6.45, 7) is 2.61. The van der Waals surface area contributed by atoms with Crippen LogP contribution in [0.25, 0.3) is 6.08 Å². The van der Waals surface area contributed by atoms with Crippen LogP contribution in [-0.2, 0) is 11.4 Å². The third-order valence-electron chi connectivity index (χ3n) is 4.61. The number of nitrogens with one attached hydrogen (secondary N) is 1. The number of nitrogens with zero attached hydrogens (tertiary/aromatic N) is 1. The standard InChI is InChI=1S/C24H19ClN2O4S3/c1-2-30-18-12-16(11-17(25)21(18)31-14-15-7-4-3-5-8-15)13-20-23(29)27(24(32)34-20)26-22(28)19-9-6-10-33-19/h3-13H,2,14H2,1H3,(H,26,28)/b20-13-. The molecule has 2 heterocycles. The van der Waals surface area contributed by atoms with Crippen LogP contribution >= 0.6 is 46.9 Å². The van der Waals surface area contributed by atoms with E-state index in [-0.39, 0.29) is 4.32 Å². The lowest BCUT2D eigenvalue weighted by Crippen LogP contribution is -2.44. The maximum atomic E-state index is 12.9. The molecule has 0 atom stereocenters. The van der Waals surface area contributed by atoms with Gasteiger partial charge in [0.15, 0.2) is 15.8 Å². The Kier molecular flexibility index (Phi) is 7.89. The molecule has 6 nitrogen and oxygen atoms in total. The number of thiocarbonyl (C=S) groups is 1. The largest absolute Gasteiger partial charge is 0.490 e. The Hall–Kier alpha value is -2.85. The maximum Gasteiger partial charge on any atom is 0.285 e. The van der Waals surface area contributed by atoms with E-state index in [1.807, 2.05) is 37.3 Å². The number of hydrogen-bond acceptors (Lipinski definition) is 7. The van der Waals surface area contributed by atoms with Crippen LogP contribution in [0.4, 0.5) is 0 Å². The molecule has 1 aromatic heterocycles. The fourth-order valence-electron chi connectivity index (χ4n) is 3.08. The van der Waals surface area contributed by atoms with Crippen LogP contribution < -0.4 is 14.9 Å². The molecule has 1 fully saturated rings. The van der Waals surface area contributed by atoms with E-state index in [0.29, 0.717) is 45.1 Å². The molecular formula is C24H19ClN2O4S3. The minimum Gasteiger partial charge on any atom is -0.490 e. The molecular weight excluding hydrogens is 512 g/mol. The molecule has 34 heavy (non-hydrogen) atoms. The molecule has 2 aromatic carbocycles. The molecule has 1 saturated heterocycles. The van der Waals surface area contributed by atoms with Gasteiger partial charge in [0, 0.05) is 0 Å². The fraction of sp³-hybridized carbons (Fsp3) is 0.125. The second-order valence-electron chi connectivity index (χ2n) is 6.97. The average Bonchev–Trinajstić information content (AvgIpc) is 3.45. The lowest BCUT2D eigenvalue weighted by atomic mass is 10.1. The lowest BCUT2D eigenvalue weighted by Gasteiger charge is -2.15. The highest BCUT2D eigenvalue weighted by molar-refractivity contribution is 8.26. The Bertz CT molecular complexity index is 1250. The molecule has 1 aliphatic heterocycles. The van der Waals surface area contributed by atoms with Crippen molar-refractivity contribution in [3.8, 4) is 11.5 Å². The van der Waals surface area contributed by atoms with Crippen molar-refractivity contribution in [3.63, 3.8) is 0 Å². The summed E-state index contributed by atoms with van der Waals surface area (Å²) < 4.78 is 11.9. The summed E-state index contributed by atoms with van der Waals surface area (Å²) in [6.07, 6.45) is 1.66. The second kappa shape index (κ2) is 11.1. The Morgan fingerprint density at radius 3 is 2.68 bits per heavy atom. The molecule has 4 rings (SSSR count). The van der Waals surface area contributed by atoms with Crippen LogP contribution in [0.1, 0.15) is 27.7 Å². The van der Waals surface area contributed by atoms with E-state index in [2.05, 4.69) is 5.43 Å². The number of hydrogen-bond donors (Lipinski definition) is 1. The summed E-state index contributed by atoms with van der Waals surface area (Å²) in [6, 6.07) is 16.6. The first kappa shape index (κ1) is 24.3. The number of thiophene rings is 1. The van der Waals surface area contributed by atoms with Gasteiger partial charge >= 0.3 is 0 Å². The molecule has 10 heteroatoms. The quantitative estimate of drug-likeness (QED) is 0.288. The van der Waals surface area contributed by atoms with Gasteiger partial charge in [-0.15, -0.1) is 11.3 Å². The summed E-state index contributed by atoms with van der Waals surface area (Å²) in [5, 5.41) is 3.22. The van der Waals surface area contributed by atoms with Crippen molar-refractivity contribution in [3.05, 3.63) is 85.9 Å². The number of thioether (sulfide) groups is 1. The van der Waals surface area contributed by atoms with Gasteiger partial charge < -0.3 is 9.47 Å². The van der Waals surface area contributed by atoms with Crippen LogP contribution in [0.2, 0.25) is 5.02 Å². The normalized spacial score (nSPS) is 14.5. The Labute approximate surface area is 215 Å². The number of rotatable bonds is 8. The van der Waals surface area contributed by atoms with Crippen LogP contribution in [0.5, 0.6) is 11.5 Å². The molecule has 0 bridgehead atoms. The predicted molar refractivity (Wildman–Crippen MR) is 140 cm³/mol. The Morgan fingerprint density at radius 1 is 1.18 bits per heavy atom. The van der Waals surface area contributed by atoms with Gasteiger partial charge in [0.25, 0.3) is 11.8 Å². The average molecular weight is 531 g/mol. The van der Waals surface area contributed by atoms with Gasteiger partial charge in [-0.25, -0.2) is 0 Å². The van der Waals surface area contributed by atoms with Gasteiger partial charge in [0.05, 0.1) is 21.4 Å². The summed E-state index contributed by atoms with van der Waals surface area (Å²) in [5.41, 5.74) is 4.21. The van der Waals surface area contributed by atoms with Gasteiger partial charge in [0.2, 0.25) is 0 Å². The van der Waals surface area contributed by atoms with Crippen molar-refractivity contribution in [2.45, 2.75) is 13.5 Å². The van der Waals surface area contributed by atoms with E-state index in [9.17, 15) is 9.59 Å². The number of benzene rings is 2. The fourth-order valence-corrected chi connectivity index (χ4v) is 5.15. The smallest absolute Gasteiger partial charge is 0.285 e. The lowest BCUT2D eigenvalue weighted by molar-refractivity contribution is -0.123. The van der Waals surface area contributed by atoms with E-state index in [0.717, 1.165) is 22.3 Å². The van der Waals surface area contributed by atoms with Gasteiger partial charge in [-0.1, -0.05) is 59.8 Å². The monoisotopic (exact) mass is 530 g/mol. The highest BCUT2D eigenvalue weighted by atomic mass is 35.5. The number of ether oxygens (including phenoxy) is 2. The first-order valence-corrected chi connectivity index (χ1v) is 12.7. The van der Waals surface area contributed by atoms with E-state index in [1.165, 1.54) is 11.3 Å². The van der Waals surface area contributed by atoms with Crippen molar-refractivity contribution >= 4 is 69.1 Å². The van der Waals surface area contributed by atoms with Gasteiger partial charge in [0.1, 0.15) is 6.61 Å². The molecule has 0 radical (unpaired) electrons. The number of hydrazine groups is 1. The number of halogens is 1. The summed E-state index contributed by atoms with van der Waals surface area (Å²) in [7, 11) is 0. The van der Waals surface area contributed by atoms with Crippen molar-refractivity contribution in [1.29, 1.82) is 0 Å². The van der Waals surface area contributed by atoms with Gasteiger partial charge in [-0.3, -0.25) is 15.0 Å². The van der Waals surface area contributed by atoms with Crippen LogP contribution in [0, 0.1) is 0 Å². The number of carbonyl (C=O) groups is 2. The number of amides is 2. The zero-order chi connectivity index (χ0) is 24.1. The third kappa shape index (κ3) is 5.61. The minimum absolute atomic E-state index is 0.236. The molecule has 0 spiro atoms. The van der Waals surface area contributed by atoms with E-state index in [4.69, 9.17) is 33.3 Å². The highest BCUT2D eigenvalue weighted by Gasteiger charge is 2.34. The van der Waals surface area contributed by atoms with Crippen LogP contribution in [-0.4, -0.2) is 27.8 Å². The molecule has 2 amide bonds. The van der Waals surface area contributed by atoms with E-state index < -0.39 is 11.8 Å². The molecule has 0 unspecified atom stereocenters. The summed E-state index contributed by atoms with van der Waals surface area (Å²) >= 11 is 14.2. The molecule has 0 saturated carbocycles. The van der Waals surface area contributed by atoms with E-state index in [1.54, 1.807) is 35.7 Å². The van der Waals surface area contributed by atoms with Crippen molar-refractivity contribution in [2.24, 2.45) is 0 Å². The van der Waals surface area contributed by atoms with E-state index >= 15 is 0 Å². The van der Waals surface area contributed by atoms with Crippen LogP contribution in [0.3, 0.4) is 0 Å². The first-order chi connectivity index (χ1) is 16.5. The van der Waals surface area contributed by atoms with Gasteiger partial charge in [-0.05, 0) is 59.9 Å². The van der Waals surface area contributed by atoms with Crippen molar-refractivity contribution < 1.29 is 19.1 Å². The van der Waals surface area contributed by atoms with Crippen molar-refractivity contribution in [2.75, 3.05) is 6.61 Å². The topological polar surface area (TPSA) is 67.9 Å². The SMILES string of the molecule is CCOc1cc(/C=C2\SC(=S)N(NC(=O)c3cccs3)C2=O)cc(Cl)c1OCc1ccccc1. The molecule has 174 valence electrons. The Morgan fingerprint density at radius 2 is 1.97 bits per heavy atom. The molecule has 1 aliphatic rings. The molecule has 3 aromatic rings. The summed E-state index contributed by atoms with van der Waals surface area (Å²) in [4.78, 5) is 26.1. The van der Waals surface area contributed by atoms with Crippen molar-refractivity contribution in [1.82, 2.24) is 10.4 Å². The molecule has 0 aliphatic carbocycles. The zero-order valence-electron chi connectivity index (χ0n) is 17.9. The maximum absolute atomic E-state index is 12.9. The van der Waals surface area contributed by atoms with Crippen LogP contribution in [0.15, 0.2) is 64.9 Å².